The fourth-order valence-corrected chi connectivity index (χ4v) is 4.71. The maximum absolute atomic E-state index is 12.3. The summed E-state index contributed by atoms with van der Waals surface area (Å²) < 4.78 is 1.63. The molecule has 2 fully saturated rings. The summed E-state index contributed by atoms with van der Waals surface area (Å²) in [5.74, 6) is 2.66. The van der Waals surface area contributed by atoms with E-state index in [-0.39, 0.29) is 5.56 Å². The van der Waals surface area contributed by atoms with Gasteiger partial charge in [0.2, 0.25) is 5.91 Å². The van der Waals surface area contributed by atoms with E-state index < -0.39 is 0 Å². The van der Waals surface area contributed by atoms with Crippen LogP contribution in [-0.4, -0.2) is 64.0 Å². The number of piperazine rings is 1. The number of carbonyl (C=O) groups excluding carboxylic acids is 1. The highest BCUT2D eigenvalue weighted by Gasteiger charge is 2.31. The van der Waals surface area contributed by atoms with Crippen molar-refractivity contribution in [2.75, 3.05) is 38.5 Å². The predicted octanol–water partition coefficient (Wildman–Crippen LogP) is 0.977. The zero-order valence-electron chi connectivity index (χ0n) is 14.7. The Bertz CT molecular complexity index is 693. The van der Waals surface area contributed by atoms with Crippen molar-refractivity contribution in [1.82, 2.24) is 19.6 Å². The molecule has 0 atom stereocenters. The van der Waals surface area contributed by atoms with E-state index in [4.69, 9.17) is 0 Å². The summed E-state index contributed by atoms with van der Waals surface area (Å²) in [6.45, 7) is 4.89. The predicted molar refractivity (Wildman–Crippen MR) is 98.7 cm³/mol. The molecule has 1 saturated heterocycles. The lowest BCUT2D eigenvalue weighted by molar-refractivity contribution is -0.139. The van der Waals surface area contributed by atoms with E-state index in [0.29, 0.717) is 18.4 Å². The first-order valence-electron chi connectivity index (χ1n) is 9.39. The molecular weight excluding hydrogens is 336 g/mol. The van der Waals surface area contributed by atoms with Crippen LogP contribution in [0.2, 0.25) is 0 Å². The normalized spacial score (nSPS) is 21.7. The van der Waals surface area contributed by atoms with Gasteiger partial charge in [0, 0.05) is 56.9 Å². The highest BCUT2D eigenvalue weighted by atomic mass is 32.2. The smallest absolute Gasteiger partial charge is 0.267 e. The first kappa shape index (κ1) is 17.1. The first-order valence-corrected chi connectivity index (χ1v) is 10.5. The second-order valence-electron chi connectivity index (χ2n) is 7.27. The summed E-state index contributed by atoms with van der Waals surface area (Å²) in [6.07, 6.45) is 4.31. The van der Waals surface area contributed by atoms with Crippen LogP contribution in [0.1, 0.15) is 30.5 Å². The van der Waals surface area contributed by atoms with Crippen LogP contribution in [0.4, 0.5) is 0 Å². The molecule has 1 aromatic heterocycles. The molecular formula is C18H26N4O2S. The molecule has 3 aliphatic rings. The lowest BCUT2D eigenvalue weighted by Crippen LogP contribution is -2.51. The van der Waals surface area contributed by atoms with Gasteiger partial charge in [0.05, 0.1) is 12.2 Å². The van der Waals surface area contributed by atoms with Crippen molar-refractivity contribution in [3.05, 3.63) is 27.7 Å². The number of aromatic nitrogens is 2. The van der Waals surface area contributed by atoms with Crippen molar-refractivity contribution in [1.29, 1.82) is 0 Å². The van der Waals surface area contributed by atoms with E-state index in [9.17, 15) is 9.59 Å². The summed E-state index contributed by atoms with van der Waals surface area (Å²) in [4.78, 5) is 28.9. The standard InChI is InChI=1S/C18H26N4O2S/c23-17-12-15-13-25-11-4-16(15)19-22(17)10-7-20-5-8-21(9-6-20)18(24)14-2-1-3-14/h12,14H,1-11,13H2. The van der Waals surface area contributed by atoms with Crippen LogP contribution in [0.3, 0.4) is 0 Å². The summed E-state index contributed by atoms with van der Waals surface area (Å²) in [6, 6.07) is 1.77. The molecule has 136 valence electrons. The van der Waals surface area contributed by atoms with Gasteiger partial charge in [-0.25, -0.2) is 4.68 Å². The van der Waals surface area contributed by atoms with Gasteiger partial charge in [-0.2, -0.15) is 16.9 Å². The molecule has 25 heavy (non-hydrogen) atoms. The molecule has 0 spiro atoms. The fourth-order valence-electron chi connectivity index (χ4n) is 3.75. The third-order valence-electron chi connectivity index (χ3n) is 5.67. The highest BCUT2D eigenvalue weighted by molar-refractivity contribution is 7.98. The Morgan fingerprint density at radius 3 is 2.72 bits per heavy atom. The van der Waals surface area contributed by atoms with E-state index >= 15 is 0 Å². The van der Waals surface area contributed by atoms with Crippen molar-refractivity contribution in [2.24, 2.45) is 5.92 Å². The Balaban J connectivity index is 1.29. The highest BCUT2D eigenvalue weighted by Crippen LogP contribution is 2.28. The quantitative estimate of drug-likeness (QED) is 0.799. The van der Waals surface area contributed by atoms with E-state index in [1.54, 1.807) is 10.7 Å². The number of rotatable bonds is 4. The first-order chi connectivity index (χ1) is 12.2. The minimum atomic E-state index is 0.0139. The van der Waals surface area contributed by atoms with Crippen LogP contribution < -0.4 is 5.56 Å². The summed E-state index contributed by atoms with van der Waals surface area (Å²) in [7, 11) is 0. The van der Waals surface area contributed by atoms with Gasteiger partial charge >= 0.3 is 0 Å². The van der Waals surface area contributed by atoms with E-state index in [2.05, 4.69) is 10.00 Å². The molecule has 2 aliphatic heterocycles. The van der Waals surface area contributed by atoms with Crippen LogP contribution in [0, 0.1) is 5.92 Å². The van der Waals surface area contributed by atoms with Crippen molar-refractivity contribution in [3.63, 3.8) is 0 Å². The number of fused-ring (bicyclic) bond motifs is 1. The number of thioether (sulfide) groups is 1. The van der Waals surface area contributed by atoms with Gasteiger partial charge in [0.1, 0.15) is 0 Å². The second kappa shape index (κ2) is 7.50. The molecule has 0 unspecified atom stereocenters. The van der Waals surface area contributed by atoms with Crippen molar-refractivity contribution < 1.29 is 4.79 Å². The third kappa shape index (κ3) is 3.77. The zero-order chi connectivity index (χ0) is 17.2. The molecule has 4 rings (SSSR count). The van der Waals surface area contributed by atoms with Crippen LogP contribution in [0.25, 0.3) is 0 Å². The Hall–Kier alpha value is -1.34. The summed E-state index contributed by atoms with van der Waals surface area (Å²) in [5, 5.41) is 4.58. The topological polar surface area (TPSA) is 58.4 Å². The zero-order valence-corrected chi connectivity index (χ0v) is 15.5. The molecule has 1 saturated carbocycles. The van der Waals surface area contributed by atoms with Crippen LogP contribution in [0.15, 0.2) is 10.9 Å². The van der Waals surface area contributed by atoms with Crippen molar-refractivity contribution >= 4 is 17.7 Å². The van der Waals surface area contributed by atoms with Crippen LogP contribution >= 0.6 is 11.8 Å². The van der Waals surface area contributed by atoms with Crippen LogP contribution in [-0.2, 0) is 23.5 Å². The van der Waals surface area contributed by atoms with Gasteiger partial charge < -0.3 is 4.90 Å². The number of carbonyl (C=O) groups is 1. The number of nitrogens with zero attached hydrogens (tertiary/aromatic N) is 4. The van der Waals surface area contributed by atoms with Crippen molar-refractivity contribution in [3.8, 4) is 0 Å². The molecule has 3 heterocycles. The molecule has 7 heteroatoms. The molecule has 0 radical (unpaired) electrons. The lowest BCUT2D eigenvalue weighted by atomic mass is 9.84. The number of amides is 1. The molecule has 1 amide bonds. The monoisotopic (exact) mass is 362 g/mol. The molecule has 0 aromatic carbocycles. The fraction of sp³-hybridized carbons (Fsp3) is 0.722. The maximum Gasteiger partial charge on any atom is 0.267 e. The summed E-state index contributed by atoms with van der Waals surface area (Å²) in [5.41, 5.74) is 2.22. The summed E-state index contributed by atoms with van der Waals surface area (Å²) >= 11 is 1.87. The Morgan fingerprint density at radius 2 is 2.00 bits per heavy atom. The maximum atomic E-state index is 12.3. The van der Waals surface area contributed by atoms with Crippen LogP contribution in [0.5, 0.6) is 0 Å². The minimum Gasteiger partial charge on any atom is -0.340 e. The number of aryl methyl sites for hydroxylation is 1. The van der Waals surface area contributed by atoms with E-state index in [0.717, 1.165) is 74.7 Å². The largest absolute Gasteiger partial charge is 0.340 e. The van der Waals surface area contributed by atoms with E-state index in [1.165, 1.54) is 6.42 Å². The molecule has 1 aliphatic carbocycles. The van der Waals surface area contributed by atoms with Gasteiger partial charge in [-0.05, 0) is 24.2 Å². The molecule has 6 nitrogen and oxygen atoms in total. The Labute approximate surface area is 152 Å². The Morgan fingerprint density at radius 1 is 1.20 bits per heavy atom. The van der Waals surface area contributed by atoms with Gasteiger partial charge in [-0.15, -0.1) is 0 Å². The van der Waals surface area contributed by atoms with Crippen molar-refractivity contribution in [2.45, 2.75) is 38.0 Å². The molecule has 1 aromatic rings. The third-order valence-corrected chi connectivity index (χ3v) is 6.68. The number of hydrogen-bond acceptors (Lipinski definition) is 5. The average Bonchev–Trinajstić information content (AvgIpc) is 2.59. The van der Waals surface area contributed by atoms with E-state index in [1.807, 2.05) is 16.7 Å². The minimum absolute atomic E-state index is 0.0139. The van der Waals surface area contributed by atoms with Gasteiger partial charge in [-0.3, -0.25) is 14.5 Å². The van der Waals surface area contributed by atoms with Gasteiger partial charge in [0.15, 0.2) is 0 Å². The molecule has 0 N–H and O–H groups in total. The second-order valence-corrected chi connectivity index (χ2v) is 8.38. The molecule has 0 bridgehead atoms. The number of hydrogen-bond donors (Lipinski definition) is 0. The SMILES string of the molecule is O=C(C1CCC1)N1CCN(CCn2nc3c(cc2=O)CSCC3)CC1. The van der Waals surface area contributed by atoms with Gasteiger partial charge in [-0.1, -0.05) is 6.42 Å². The van der Waals surface area contributed by atoms with Gasteiger partial charge in [0.25, 0.3) is 5.56 Å². The lowest BCUT2D eigenvalue weighted by Gasteiger charge is -2.38. The average molecular weight is 362 g/mol. The Kier molecular flexibility index (Phi) is 5.12.